The van der Waals surface area contributed by atoms with E-state index in [0.717, 1.165) is 6.42 Å². The van der Waals surface area contributed by atoms with Crippen LogP contribution in [0.2, 0.25) is 0 Å². The predicted octanol–water partition coefficient (Wildman–Crippen LogP) is 2.02. The number of carbonyl (C=O) groups excluding carboxylic acids is 1. The number of hydrogen-bond acceptors (Lipinski definition) is 3. The van der Waals surface area contributed by atoms with Crippen LogP contribution in [0.3, 0.4) is 0 Å². The third kappa shape index (κ3) is 2.66. The second kappa shape index (κ2) is 4.43. The Bertz CT molecular complexity index is 379. The Morgan fingerprint density at radius 1 is 1.31 bits per heavy atom. The molecule has 0 aliphatic heterocycles. The highest BCUT2D eigenvalue weighted by atomic mass is 16.3. The molecule has 1 amide bonds. The Morgan fingerprint density at radius 2 is 1.81 bits per heavy atom. The molecule has 3 N–H and O–H groups in total. The topological polar surface area (TPSA) is 69.6 Å². The first-order chi connectivity index (χ1) is 7.37. The van der Waals surface area contributed by atoms with Crippen LogP contribution in [0.15, 0.2) is 18.2 Å². The lowest BCUT2D eigenvalue weighted by atomic mass is 10.0. The fourth-order valence-corrected chi connectivity index (χ4v) is 1.22. The maximum atomic E-state index is 11.8. The minimum absolute atomic E-state index is 0.0796. The summed E-state index contributed by atoms with van der Waals surface area (Å²) in [6, 6.07) is 4.22. The molecule has 0 radical (unpaired) electrons. The average Bonchev–Trinajstić information content (AvgIpc) is 2.16. The number of aromatic hydroxyl groups is 2. The second-order valence-corrected chi connectivity index (χ2v) is 4.36. The van der Waals surface area contributed by atoms with E-state index >= 15 is 0 Å². The third-order valence-electron chi connectivity index (χ3n) is 2.58. The third-order valence-corrected chi connectivity index (χ3v) is 2.58. The molecular formula is C12H17NO3. The normalized spacial score (nSPS) is 11.2. The van der Waals surface area contributed by atoms with Crippen molar-refractivity contribution in [2.24, 2.45) is 0 Å². The molecule has 1 rings (SSSR count). The van der Waals surface area contributed by atoms with Gasteiger partial charge in [-0.3, -0.25) is 4.79 Å². The number of phenolic OH excluding ortho intramolecular Hbond substituents is 2. The standard InChI is InChI=1S/C12H17NO3/c1-4-12(2,3)13-11(16)10-8(14)6-5-7-9(10)15/h5-7,14-15H,4H2,1-3H3,(H,13,16). The highest BCUT2D eigenvalue weighted by Gasteiger charge is 2.22. The number of phenols is 2. The van der Waals surface area contributed by atoms with Gasteiger partial charge in [-0.15, -0.1) is 0 Å². The smallest absolute Gasteiger partial charge is 0.259 e. The number of carbonyl (C=O) groups is 1. The summed E-state index contributed by atoms with van der Waals surface area (Å²) >= 11 is 0. The van der Waals surface area contributed by atoms with E-state index < -0.39 is 5.91 Å². The highest BCUT2D eigenvalue weighted by Crippen LogP contribution is 2.26. The molecule has 1 aromatic rings. The molecule has 88 valence electrons. The average molecular weight is 223 g/mol. The van der Waals surface area contributed by atoms with Gasteiger partial charge < -0.3 is 15.5 Å². The molecule has 0 aromatic heterocycles. The van der Waals surface area contributed by atoms with E-state index in [2.05, 4.69) is 5.32 Å². The summed E-state index contributed by atoms with van der Waals surface area (Å²) in [7, 11) is 0. The van der Waals surface area contributed by atoms with Gasteiger partial charge in [-0.1, -0.05) is 13.0 Å². The summed E-state index contributed by atoms with van der Waals surface area (Å²) < 4.78 is 0. The zero-order valence-electron chi connectivity index (χ0n) is 9.74. The van der Waals surface area contributed by atoms with Gasteiger partial charge in [-0.25, -0.2) is 0 Å². The minimum Gasteiger partial charge on any atom is -0.507 e. The summed E-state index contributed by atoms with van der Waals surface area (Å²) in [4.78, 5) is 11.8. The van der Waals surface area contributed by atoms with E-state index in [9.17, 15) is 15.0 Å². The van der Waals surface area contributed by atoms with Crippen LogP contribution in [0.1, 0.15) is 37.6 Å². The molecule has 1 aromatic carbocycles. The van der Waals surface area contributed by atoms with Crippen LogP contribution < -0.4 is 5.32 Å². The van der Waals surface area contributed by atoms with Crippen molar-refractivity contribution < 1.29 is 15.0 Å². The van der Waals surface area contributed by atoms with E-state index in [1.165, 1.54) is 18.2 Å². The van der Waals surface area contributed by atoms with Gasteiger partial charge in [-0.05, 0) is 32.4 Å². The fourth-order valence-electron chi connectivity index (χ4n) is 1.22. The van der Waals surface area contributed by atoms with Gasteiger partial charge >= 0.3 is 0 Å². The predicted molar refractivity (Wildman–Crippen MR) is 61.6 cm³/mol. The Morgan fingerprint density at radius 3 is 2.25 bits per heavy atom. The first-order valence-corrected chi connectivity index (χ1v) is 5.21. The molecular weight excluding hydrogens is 206 g/mol. The molecule has 0 saturated heterocycles. The van der Waals surface area contributed by atoms with Crippen LogP contribution in [0.4, 0.5) is 0 Å². The zero-order chi connectivity index (χ0) is 12.3. The molecule has 4 nitrogen and oxygen atoms in total. The van der Waals surface area contributed by atoms with Gasteiger partial charge in [0, 0.05) is 5.54 Å². The Balaban J connectivity index is 2.98. The molecule has 0 fully saturated rings. The van der Waals surface area contributed by atoms with Crippen molar-refractivity contribution in [2.45, 2.75) is 32.7 Å². The largest absolute Gasteiger partial charge is 0.507 e. The fraction of sp³-hybridized carbons (Fsp3) is 0.417. The van der Waals surface area contributed by atoms with Gasteiger partial charge in [0.05, 0.1) is 0 Å². The van der Waals surface area contributed by atoms with Crippen molar-refractivity contribution in [3.05, 3.63) is 23.8 Å². The number of rotatable bonds is 3. The van der Waals surface area contributed by atoms with Crippen molar-refractivity contribution >= 4 is 5.91 Å². The van der Waals surface area contributed by atoms with Crippen LogP contribution in [-0.4, -0.2) is 21.7 Å². The molecule has 0 unspecified atom stereocenters. The lowest BCUT2D eigenvalue weighted by Crippen LogP contribution is -2.42. The van der Waals surface area contributed by atoms with Gasteiger partial charge in [0.25, 0.3) is 5.91 Å². The summed E-state index contributed by atoms with van der Waals surface area (Å²) in [6.07, 6.45) is 0.757. The van der Waals surface area contributed by atoms with Crippen LogP contribution in [0, 0.1) is 0 Å². The number of nitrogens with one attached hydrogen (secondary N) is 1. The lowest BCUT2D eigenvalue weighted by Gasteiger charge is -2.24. The monoisotopic (exact) mass is 223 g/mol. The summed E-state index contributed by atoms with van der Waals surface area (Å²) in [5, 5.41) is 21.8. The van der Waals surface area contributed by atoms with Crippen molar-refractivity contribution in [1.29, 1.82) is 0 Å². The van der Waals surface area contributed by atoms with Crippen LogP contribution in [0.25, 0.3) is 0 Å². The minimum atomic E-state index is -0.470. The van der Waals surface area contributed by atoms with Gasteiger partial charge in [-0.2, -0.15) is 0 Å². The SMILES string of the molecule is CCC(C)(C)NC(=O)c1c(O)cccc1O. The first kappa shape index (κ1) is 12.4. The maximum absolute atomic E-state index is 11.8. The molecule has 0 atom stereocenters. The second-order valence-electron chi connectivity index (χ2n) is 4.36. The van der Waals surface area contributed by atoms with Gasteiger partial charge in [0.15, 0.2) is 0 Å². The van der Waals surface area contributed by atoms with Crippen LogP contribution in [0.5, 0.6) is 11.5 Å². The highest BCUT2D eigenvalue weighted by molar-refractivity contribution is 5.99. The molecule has 0 aliphatic carbocycles. The Labute approximate surface area is 94.9 Å². The van der Waals surface area contributed by atoms with Crippen LogP contribution >= 0.6 is 0 Å². The Kier molecular flexibility index (Phi) is 3.42. The molecule has 0 spiro atoms. The van der Waals surface area contributed by atoms with Crippen molar-refractivity contribution in [1.82, 2.24) is 5.32 Å². The number of amides is 1. The molecule has 0 heterocycles. The maximum Gasteiger partial charge on any atom is 0.259 e. The van der Waals surface area contributed by atoms with E-state index in [1.807, 2.05) is 20.8 Å². The van der Waals surface area contributed by atoms with E-state index in [4.69, 9.17) is 0 Å². The van der Waals surface area contributed by atoms with Gasteiger partial charge in [0.2, 0.25) is 0 Å². The van der Waals surface area contributed by atoms with Gasteiger partial charge in [0.1, 0.15) is 17.1 Å². The van der Waals surface area contributed by atoms with Crippen LogP contribution in [-0.2, 0) is 0 Å². The molecule has 4 heteroatoms. The zero-order valence-corrected chi connectivity index (χ0v) is 9.74. The number of hydrogen-bond donors (Lipinski definition) is 3. The molecule has 16 heavy (non-hydrogen) atoms. The van der Waals surface area contributed by atoms with E-state index in [-0.39, 0.29) is 22.6 Å². The van der Waals surface area contributed by atoms with E-state index in [0.29, 0.717) is 0 Å². The first-order valence-electron chi connectivity index (χ1n) is 5.21. The summed E-state index contributed by atoms with van der Waals surface area (Å²) in [5.41, 5.74) is -0.449. The summed E-state index contributed by atoms with van der Waals surface area (Å²) in [5.74, 6) is -0.906. The molecule has 0 saturated carbocycles. The number of benzene rings is 1. The van der Waals surface area contributed by atoms with Crippen molar-refractivity contribution in [3.63, 3.8) is 0 Å². The summed E-state index contributed by atoms with van der Waals surface area (Å²) in [6.45, 7) is 5.70. The quantitative estimate of drug-likeness (QED) is 0.734. The molecule has 0 aliphatic rings. The Hall–Kier alpha value is -1.71. The molecule has 0 bridgehead atoms. The lowest BCUT2D eigenvalue weighted by molar-refractivity contribution is 0.0905. The van der Waals surface area contributed by atoms with E-state index in [1.54, 1.807) is 0 Å². The van der Waals surface area contributed by atoms with Crippen molar-refractivity contribution in [2.75, 3.05) is 0 Å². The van der Waals surface area contributed by atoms with Crippen molar-refractivity contribution in [3.8, 4) is 11.5 Å².